The van der Waals surface area contributed by atoms with E-state index in [9.17, 15) is 5.11 Å². The quantitative estimate of drug-likeness (QED) is 0.700. The number of hydrogen-bond donors (Lipinski definition) is 1. The zero-order valence-electron chi connectivity index (χ0n) is 6.90. The summed E-state index contributed by atoms with van der Waals surface area (Å²) in [6.07, 6.45) is -0.598. The standard InChI is InChI=1S/C7H12N2O2/c1-4(2)6-7(5(3)10)9-11-8-6/h4-5,10H,1-3H3/t5-/m1/s1. The zero-order valence-corrected chi connectivity index (χ0v) is 6.90. The second-order valence-corrected chi connectivity index (χ2v) is 2.87. The van der Waals surface area contributed by atoms with Gasteiger partial charge in [0.25, 0.3) is 0 Å². The lowest BCUT2D eigenvalue weighted by Crippen LogP contribution is -1.99. The van der Waals surface area contributed by atoms with E-state index in [4.69, 9.17) is 0 Å². The van der Waals surface area contributed by atoms with Crippen molar-refractivity contribution in [3.8, 4) is 0 Å². The van der Waals surface area contributed by atoms with Crippen LogP contribution in [0.2, 0.25) is 0 Å². The predicted octanol–water partition coefficient (Wildman–Crippen LogP) is 1.25. The van der Waals surface area contributed by atoms with Crippen LogP contribution in [-0.2, 0) is 0 Å². The van der Waals surface area contributed by atoms with E-state index in [0.29, 0.717) is 5.69 Å². The summed E-state index contributed by atoms with van der Waals surface area (Å²) < 4.78 is 4.51. The molecule has 1 aromatic heterocycles. The highest BCUT2D eigenvalue weighted by molar-refractivity contribution is 5.13. The minimum absolute atomic E-state index is 0.242. The SMILES string of the molecule is CC(C)c1nonc1[C@@H](C)O. The summed E-state index contributed by atoms with van der Waals surface area (Å²) in [5, 5.41) is 16.5. The summed E-state index contributed by atoms with van der Waals surface area (Å²) in [6.45, 7) is 5.60. The van der Waals surface area contributed by atoms with Gasteiger partial charge in [0.2, 0.25) is 0 Å². The van der Waals surface area contributed by atoms with Gasteiger partial charge in [-0.25, -0.2) is 4.63 Å². The van der Waals surface area contributed by atoms with Crippen LogP contribution in [0.5, 0.6) is 0 Å². The van der Waals surface area contributed by atoms with Crippen LogP contribution in [0.4, 0.5) is 0 Å². The molecule has 1 rings (SSSR count). The van der Waals surface area contributed by atoms with E-state index >= 15 is 0 Å². The zero-order chi connectivity index (χ0) is 8.43. The molecule has 1 aromatic rings. The first-order valence-electron chi connectivity index (χ1n) is 3.63. The number of hydrogen-bond acceptors (Lipinski definition) is 4. The number of aromatic nitrogens is 2. The fourth-order valence-electron chi connectivity index (χ4n) is 0.893. The van der Waals surface area contributed by atoms with Crippen LogP contribution in [0.1, 0.15) is 44.2 Å². The topological polar surface area (TPSA) is 59.2 Å². The molecular weight excluding hydrogens is 144 g/mol. The van der Waals surface area contributed by atoms with Crippen molar-refractivity contribution in [2.75, 3.05) is 0 Å². The Morgan fingerprint density at radius 3 is 2.09 bits per heavy atom. The highest BCUT2D eigenvalue weighted by Crippen LogP contribution is 2.20. The molecule has 4 heteroatoms. The van der Waals surface area contributed by atoms with Gasteiger partial charge < -0.3 is 5.11 Å². The minimum atomic E-state index is -0.598. The van der Waals surface area contributed by atoms with Crippen LogP contribution in [0.3, 0.4) is 0 Å². The Bertz CT molecular complexity index is 208. The summed E-state index contributed by atoms with van der Waals surface area (Å²) in [6, 6.07) is 0. The molecule has 0 saturated heterocycles. The number of aliphatic hydroxyl groups is 1. The molecule has 0 radical (unpaired) electrons. The maximum absolute atomic E-state index is 9.18. The number of aliphatic hydroxyl groups excluding tert-OH is 1. The predicted molar refractivity (Wildman–Crippen MR) is 39.0 cm³/mol. The van der Waals surface area contributed by atoms with Crippen LogP contribution in [-0.4, -0.2) is 15.4 Å². The second-order valence-electron chi connectivity index (χ2n) is 2.87. The van der Waals surface area contributed by atoms with Gasteiger partial charge in [-0.1, -0.05) is 24.2 Å². The Balaban J connectivity index is 2.96. The molecule has 1 heterocycles. The molecule has 1 atom stereocenters. The van der Waals surface area contributed by atoms with Crippen LogP contribution in [0.25, 0.3) is 0 Å². The second kappa shape index (κ2) is 3.00. The van der Waals surface area contributed by atoms with Gasteiger partial charge in [0.05, 0.1) is 6.10 Å². The van der Waals surface area contributed by atoms with Gasteiger partial charge in [0.1, 0.15) is 11.4 Å². The average Bonchev–Trinajstić information content (AvgIpc) is 2.32. The Morgan fingerprint density at radius 2 is 1.73 bits per heavy atom. The van der Waals surface area contributed by atoms with Gasteiger partial charge in [-0.15, -0.1) is 0 Å². The Labute approximate surface area is 65.2 Å². The van der Waals surface area contributed by atoms with Gasteiger partial charge in [-0.3, -0.25) is 0 Å². The van der Waals surface area contributed by atoms with Crippen molar-refractivity contribution in [2.24, 2.45) is 0 Å². The Kier molecular flexibility index (Phi) is 2.24. The monoisotopic (exact) mass is 156 g/mol. The molecule has 0 aromatic carbocycles. The van der Waals surface area contributed by atoms with Crippen molar-refractivity contribution >= 4 is 0 Å². The van der Waals surface area contributed by atoms with Gasteiger partial charge in [0, 0.05) is 5.92 Å². The molecular formula is C7H12N2O2. The maximum Gasteiger partial charge on any atom is 0.136 e. The third-order valence-electron chi connectivity index (χ3n) is 1.48. The average molecular weight is 156 g/mol. The molecule has 0 amide bonds. The molecule has 0 saturated carbocycles. The highest BCUT2D eigenvalue weighted by atomic mass is 16.6. The lowest BCUT2D eigenvalue weighted by Gasteiger charge is -2.02. The smallest absolute Gasteiger partial charge is 0.136 e. The molecule has 0 aliphatic heterocycles. The Hall–Kier alpha value is -0.900. The summed E-state index contributed by atoms with van der Waals surface area (Å²) in [4.78, 5) is 0. The minimum Gasteiger partial charge on any atom is -0.387 e. The van der Waals surface area contributed by atoms with Crippen molar-refractivity contribution in [2.45, 2.75) is 32.8 Å². The van der Waals surface area contributed by atoms with Crippen molar-refractivity contribution in [1.82, 2.24) is 10.3 Å². The lowest BCUT2D eigenvalue weighted by atomic mass is 10.1. The number of nitrogens with zero attached hydrogens (tertiary/aromatic N) is 2. The van der Waals surface area contributed by atoms with E-state index < -0.39 is 6.10 Å². The maximum atomic E-state index is 9.18. The van der Waals surface area contributed by atoms with Crippen LogP contribution < -0.4 is 0 Å². The van der Waals surface area contributed by atoms with Crippen molar-refractivity contribution < 1.29 is 9.74 Å². The van der Waals surface area contributed by atoms with Crippen LogP contribution >= 0.6 is 0 Å². The molecule has 0 fully saturated rings. The van der Waals surface area contributed by atoms with Gasteiger partial charge in [0.15, 0.2) is 0 Å². The molecule has 0 unspecified atom stereocenters. The molecule has 4 nitrogen and oxygen atoms in total. The first kappa shape index (κ1) is 8.20. The van der Waals surface area contributed by atoms with E-state index in [1.54, 1.807) is 6.92 Å². The molecule has 0 bridgehead atoms. The fraction of sp³-hybridized carbons (Fsp3) is 0.714. The van der Waals surface area contributed by atoms with Crippen molar-refractivity contribution in [1.29, 1.82) is 0 Å². The lowest BCUT2D eigenvalue weighted by molar-refractivity contribution is 0.184. The van der Waals surface area contributed by atoms with Crippen molar-refractivity contribution in [3.05, 3.63) is 11.4 Å². The number of rotatable bonds is 2. The van der Waals surface area contributed by atoms with Crippen LogP contribution in [0.15, 0.2) is 4.63 Å². The molecule has 1 N–H and O–H groups in total. The van der Waals surface area contributed by atoms with E-state index in [2.05, 4.69) is 14.9 Å². The highest BCUT2D eigenvalue weighted by Gasteiger charge is 2.16. The van der Waals surface area contributed by atoms with E-state index in [0.717, 1.165) is 5.69 Å². The largest absolute Gasteiger partial charge is 0.387 e. The molecule has 0 spiro atoms. The molecule has 0 aliphatic carbocycles. The van der Waals surface area contributed by atoms with Gasteiger partial charge in [-0.05, 0) is 6.92 Å². The summed E-state index contributed by atoms with van der Waals surface area (Å²) >= 11 is 0. The first-order chi connectivity index (χ1) is 5.13. The van der Waals surface area contributed by atoms with Gasteiger partial charge >= 0.3 is 0 Å². The van der Waals surface area contributed by atoms with E-state index in [1.807, 2.05) is 13.8 Å². The normalized spacial score (nSPS) is 13.9. The summed E-state index contributed by atoms with van der Waals surface area (Å²) in [7, 11) is 0. The summed E-state index contributed by atoms with van der Waals surface area (Å²) in [5.74, 6) is 0.242. The van der Waals surface area contributed by atoms with E-state index in [-0.39, 0.29) is 5.92 Å². The van der Waals surface area contributed by atoms with Crippen molar-refractivity contribution in [3.63, 3.8) is 0 Å². The Morgan fingerprint density at radius 1 is 1.18 bits per heavy atom. The third kappa shape index (κ3) is 1.57. The third-order valence-corrected chi connectivity index (χ3v) is 1.48. The molecule has 11 heavy (non-hydrogen) atoms. The molecule has 0 aliphatic rings. The van der Waals surface area contributed by atoms with Crippen LogP contribution in [0, 0.1) is 0 Å². The fourth-order valence-corrected chi connectivity index (χ4v) is 0.893. The summed E-state index contributed by atoms with van der Waals surface area (Å²) in [5.41, 5.74) is 1.28. The first-order valence-corrected chi connectivity index (χ1v) is 3.63. The molecule has 62 valence electrons. The van der Waals surface area contributed by atoms with Gasteiger partial charge in [-0.2, -0.15) is 0 Å². The van der Waals surface area contributed by atoms with E-state index in [1.165, 1.54) is 0 Å².